The van der Waals surface area contributed by atoms with E-state index in [2.05, 4.69) is 17.1 Å². The van der Waals surface area contributed by atoms with Crippen molar-refractivity contribution in [2.45, 2.75) is 50.7 Å². The summed E-state index contributed by atoms with van der Waals surface area (Å²) in [4.78, 5) is 14.7. The van der Waals surface area contributed by atoms with Gasteiger partial charge in [0.25, 0.3) is 0 Å². The Morgan fingerprint density at radius 3 is 2.85 bits per heavy atom. The first kappa shape index (κ1) is 20.1. The number of hydrogen-bond donors (Lipinski definition) is 1. The second-order valence-electron chi connectivity index (χ2n) is 7.52. The summed E-state index contributed by atoms with van der Waals surface area (Å²) in [6, 6.07) is 7.57. The van der Waals surface area contributed by atoms with E-state index < -0.39 is 0 Å². The number of methoxy groups -OCH3 is 1. The second kappa shape index (κ2) is 9.53. The third kappa shape index (κ3) is 5.21. The molecule has 6 nitrogen and oxygen atoms in total. The van der Waals surface area contributed by atoms with E-state index in [9.17, 15) is 4.79 Å². The minimum atomic E-state index is -0.245. The molecular formula is C21H32N2O4. The van der Waals surface area contributed by atoms with Crippen molar-refractivity contribution >= 4 is 11.6 Å². The molecule has 2 fully saturated rings. The maximum Gasteiger partial charge on any atom is 0.238 e. The average molecular weight is 376 g/mol. The predicted octanol–water partition coefficient (Wildman–Crippen LogP) is 3.07. The lowest BCUT2D eigenvalue weighted by Crippen LogP contribution is -2.58. The monoisotopic (exact) mass is 376 g/mol. The fourth-order valence-electron chi connectivity index (χ4n) is 4.06. The topological polar surface area (TPSA) is 60.0 Å². The highest BCUT2D eigenvalue weighted by molar-refractivity contribution is 5.92. The number of hydrogen-bond acceptors (Lipinski definition) is 5. The number of piperidine rings is 1. The number of carbonyl (C=O) groups is 1. The Labute approximate surface area is 162 Å². The molecule has 2 heterocycles. The van der Waals surface area contributed by atoms with Gasteiger partial charge in [-0.2, -0.15) is 0 Å². The summed E-state index contributed by atoms with van der Waals surface area (Å²) in [5.41, 5.74) is 0.548. The molecule has 0 bridgehead atoms. The number of nitrogens with zero attached hydrogens (tertiary/aromatic N) is 1. The third-order valence-corrected chi connectivity index (χ3v) is 5.48. The van der Waals surface area contributed by atoms with E-state index in [1.807, 2.05) is 24.3 Å². The smallest absolute Gasteiger partial charge is 0.238 e. The zero-order valence-corrected chi connectivity index (χ0v) is 16.5. The molecule has 2 saturated heterocycles. The number of nitrogens with one attached hydrogen (secondary N) is 1. The molecule has 0 saturated carbocycles. The van der Waals surface area contributed by atoms with Crippen LogP contribution in [0.25, 0.3) is 0 Å². The molecule has 0 radical (unpaired) electrons. The Bertz CT molecular complexity index is 599. The molecule has 1 amide bonds. The molecule has 1 aromatic rings. The number of unbranched alkanes of at least 4 members (excludes halogenated alkanes) is 1. The fourth-order valence-corrected chi connectivity index (χ4v) is 4.06. The zero-order chi connectivity index (χ0) is 19.1. The van der Waals surface area contributed by atoms with Crippen LogP contribution in [0.1, 0.15) is 39.0 Å². The molecule has 2 atom stereocenters. The van der Waals surface area contributed by atoms with Crippen LogP contribution in [0.2, 0.25) is 0 Å². The first-order chi connectivity index (χ1) is 13.1. The number of carbonyl (C=O) groups excluding carboxylic acids is 1. The van der Waals surface area contributed by atoms with Crippen molar-refractivity contribution in [3.63, 3.8) is 0 Å². The highest BCUT2D eigenvalue weighted by atomic mass is 16.6. The van der Waals surface area contributed by atoms with Gasteiger partial charge >= 0.3 is 0 Å². The molecule has 1 N–H and O–H groups in total. The molecular weight excluding hydrogens is 344 g/mol. The number of amides is 1. The van der Waals surface area contributed by atoms with Crippen molar-refractivity contribution in [2.24, 2.45) is 0 Å². The Morgan fingerprint density at radius 2 is 2.19 bits per heavy atom. The predicted molar refractivity (Wildman–Crippen MR) is 105 cm³/mol. The van der Waals surface area contributed by atoms with Crippen molar-refractivity contribution in [3.05, 3.63) is 24.3 Å². The number of ether oxygens (including phenoxy) is 3. The summed E-state index contributed by atoms with van der Waals surface area (Å²) in [6.07, 6.45) is 5.24. The van der Waals surface area contributed by atoms with E-state index in [0.29, 0.717) is 6.54 Å². The Kier molecular flexibility index (Phi) is 7.10. The highest BCUT2D eigenvalue weighted by Crippen LogP contribution is 2.36. The lowest BCUT2D eigenvalue weighted by atomic mass is 9.87. The molecule has 1 aromatic carbocycles. The van der Waals surface area contributed by atoms with Crippen LogP contribution < -0.4 is 10.1 Å². The molecule has 2 aliphatic heterocycles. The molecule has 0 aliphatic carbocycles. The normalized spacial score (nSPS) is 25.6. The second-order valence-corrected chi connectivity index (χ2v) is 7.52. The standard InChI is InChI=1S/C21H32N2O4/c1-3-4-13-26-18-8-6-17(7-9-18)22-20(24)15-23-12-10-19(25-2)21(16-23)11-5-14-27-21/h6-9,19H,3-5,10-16H2,1-2H3,(H,22,24). The lowest BCUT2D eigenvalue weighted by Gasteiger charge is -2.44. The zero-order valence-electron chi connectivity index (χ0n) is 16.5. The molecule has 150 valence electrons. The van der Waals surface area contributed by atoms with Gasteiger partial charge in [-0.25, -0.2) is 0 Å². The van der Waals surface area contributed by atoms with Crippen molar-refractivity contribution in [1.29, 1.82) is 0 Å². The number of anilines is 1. The lowest BCUT2D eigenvalue weighted by molar-refractivity contribution is -0.146. The molecule has 2 unspecified atom stereocenters. The minimum Gasteiger partial charge on any atom is -0.494 e. The van der Waals surface area contributed by atoms with Gasteiger partial charge in [-0.15, -0.1) is 0 Å². The largest absolute Gasteiger partial charge is 0.494 e. The number of rotatable bonds is 8. The third-order valence-electron chi connectivity index (χ3n) is 5.48. The maximum atomic E-state index is 12.5. The van der Waals surface area contributed by atoms with E-state index >= 15 is 0 Å². The van der Waals surface area contributed by atoms with Gasteiger partial charge in [-0.1, -0.05) is 13.3 Å². The summed E-state index contributed by atoms with van der Waals surface area (Å²) in [5.74, 6) is 0.835. The van der Waals surface area contributed by atoms with Gasteiger partial charge in [0.2, 0.25) is 5.91 Å². The SMILES string of the molecule is CCCCOc1ccc(NC(=O)CN2CCC(OC)C3(CCCO3)C2)cc1. The average Bonchev–Trinajstić information content (AvgIpc) is 3.12. The highest BCUT2D eigenvalue weighted by Gasteiger charge is 2.47. The number of benzene rings is 1. The van der Waals surface area contributed by atoms with Gasteiger partial charge in [-0.3, -0.25) is 9.69 Å². The molecule has 6 heteroatoms. The van der Waals surface area contributed by atoms with E-state index in [0.717, 1.165) is 69.8 Å². The van der Waals surface area contributed by atoms with Crippen molar-refractivity contribution in [3.8, 4) is 5.75 Å². The van der Waals surface area contributed by atoms with Gasteiger partial charge in [0.05, 0.1) is 19.3 Å². The minimum absolute atomic E-state index is 0.00124. The van der Waals surface area contributed by atoms with Crippen molar-refractivity contribution < 1.29 is 19.0 Å². The van der Waals surface area contributed by atoms with Gasteiger partial charge in [-0.05, 0) is 49.9 Å². The maximum absolute atomic E-state index is 12.5. The van der Waals surface area contributed by atoms with Crippen molar-refractivity contribution in [2.75, 3.05) is 45.3 Å². The first-order valence-corrected chi connectivity index (χ1v) is 10.1. The van der Waals surface area contributed by atoms with Gasteiger partial charge in [0, 0.05) is 32.5 Å². The van der Waals surface area contributed by atoms with Gasteiger partial charge in [0.15, 0.2) is 0 Å². The summed E-state index contributed by atoms with van der Waals surface area (Å²) >= 11 is 0. The van der Waals surface area contributed by atoms with Crippen LogP contribution in [0.15, 0.2) is 24.3 Å². The van der Waals surface area contributed by atoms with Crippen LogP contribution in [0.5, 0.6) is 5.75 Å². The van der Waals surface area contributed by atoms with Crippen LogP contribution in [0.3, 0.4) is 0 Å². The summed E-state index contributed by atoms with van der Waals surface area (Å²) < 4.78 is 17.4. The Balaban J connectivity index is 1.49. The molecule has 0 aromatic heterocycles. The Hall–Kier alpha value is -1.63. The summed E-state index contributed by atoms with van der Waals surface area (Å²) in [6.45, 7) is 5.62. The summed E-state index contributed by atoms with van der Waals surface area (Å²) in [7, 11) is 1.76. The van der Waals surface area contributed by atoms with Crippen molar-refractivity contribution in [1.82, 2.24) is 4.90 Å². The molecule has 2 aliphatic rings. The first-order valence-electron chi connectivity index (χ1n) is 10.1. The quantitative estimate of drug-likeness (QED) is 0.707. The number of likely N-dealkylation sites (tertiary alicyclic amines) is 1. The van der Waals surface area contributed by atoms with E-state index in [4.69, 9.17) is 14.2 Å². The van der Waals surface area contributed by atoms with E-state index in [1.165, 1.54) is 0 Å². The molecule has 3 rings (SSSR count). The van der Waals surface area contributed by atoms with E-state index in [1.54, 1.807) is 7.11 Å². The van der Waals surface area contributed by atoms with E-state index in [-0.39, 0.29) is 17.6 Å². The van der Waals surface area contributed by atoms with Gasteiger partial charge < -0.3 is 19.5 Å². The Morgan fingerprint density at radius 1 is 1.37 bits per heavy atom. The van der Waals surface area contributed by atoms with Crippen LogP contribution in [0.4, 0.5) is 5.69 Å². The van der Waals surface area contributed by atoms with Crippen LogP contribution in [-0.2, 0) is 14.3 Å². The summed E-state index contributed by atoms with van der Waals surface area (Å²) in [5, 5.41) is 2.98. The molecule has 1 spiro atoms. The molecule has 27 heavy (non-hydrogen) atoms. The van der Waals surface area contributed by atoms with Crippen LogP contribution in [-0.4, -0.2) is 62.5 Å². The van der Waals surface area contributed by atoms with Gasteiger partial charge in [0.1, 0.15) is 11.4 Å². The fraction of sp³-hybridized carbons (Fsp3) is 0.667. The van der Waals surface area contributed by atoms with Crippen LogP contribution >= 0.6 is 0 Å². The van der Waals surface area contributed by atoms with Crippen LogP contribution in [0, 0.1) is 0 Å².